The lowest BCUT2D eigenvalue weighted by atomic mass is 10.1. The number of pyridine rings is 1. The number of amides is 1. The van der Waals surface area contributed by atoms with Crippen LogP contribution in [0.3, 0.4) is 0 Å². The largest absolute Gasteiger partial charge is 0.497 e. The van der Waals surface area contributed by atoms with Crippen LogP contribution in [0.25, 0.3) is 0 Å². The van der Waals surface area contributed by atoms with Crippen LogP contribution in [0.1, 0.15) is 11.1 Å². The first-order chi connectivity index (χ1) is 10.2. The van der Waals surface area contributed by atoms with E-state index in [1.54, 1.807) is 26.5 Å². The summed E-state index contributed by atoms with van der Waals surface area (Å²) in [5, 5.41) is 2.87. The fourth-order valence-corrected chi connectivity index (χ4v) is 1.90. The molecule has 2 aromatic rings. The second-order valence-corrected chi connectivity index (χ2v) is 4.51. The quantitative estimate of drug-likeness (QED) is 0.882. The van der Waals surface area contributed by atoms with Crippen molar-refractivity contribution in [2.45, 2.75) is 13.0 Å². The van der Waals surface area contributed by atoms with Gasteiger partial charge in [0.2, 0.25) is 11.8 Å². The average Bonchev–Trinajstić information content (AvgIpc) is 2.53. The summed E-state index contributed by atoms with van der Waals surface area (Å²) in [6.45, 7) is 0.446. The smallest absolute Gasteiger partial charge is 0.224 e. The highest BCUT2D eigenvalue weighted by molar-refractivity contribution is 5.78. The highest BCUT2D eigenvalue weighted by Crippen LogP contribution is 2.13. The Balaban J connectivity index is 1.89. The van der Waals surface area contributed by atoms with Crippen LogP contribution in [-0.2, 0) is 17.8 Å². The monoisotopic (exact) mass is 286 g/mol. The van der Waals surface area contributed by atoms with Gasteiger partial charge in [0, 0.05) is 18.8 Å². The molecule has 0 bridgehead atoms. The number of carbonyl (C=O) groups excluding carboxylic acids is 1. The maximum atomic E-state index is 11.9. The number of methoxy groups -OCH3 is 2. The average molecular weight is 286 g/mol. The third-order valence-electron chi connectivity index (χ3n) is 3.00. The third kappa shape index (κ3) is 4.49. The lowest BCUT2D eigenvalue weighted by Gasteiger charge is -2.07. The lowest BCUT2D eigenvalue weighted by Crippen LogP contribution is -2.24. The SMILES string of the molecule is COc1cccc(CC(=O)NCc2ccnc(OC)c2)c1. The maximum Gasteiger partial charge on any atom is 0.224 e. The molecule has 5 heteroatoms. The first kappa shape index (κ1) is 14.8. The molecule has 0 aliphatic carbocycles. The summed E-state index contributed by atoms with van der Waals surface area (Å²) in [6, 6.07) is 11.1. The molecule has 0 unspecified atom stereocenters. The molecular weight excluding hydrogens is 268 g/mol. The van der Waals surface area contributed by atoms with E-state index in [0.717, 1.165) is 16.9 Å². The Bertz CT molecular complexity index is 614. The molecule has 0 radical (unpaired) electrons. The van der Waals surface area contributed by atoms with Crippen molar-refractivity contribution in [3.63, 3.8) is 0 Å². The first-order valence-electron chi connectivity index (χ1n) is 6.60. The van der Waals surface area contributed by atoms with Gasteiger partial charge in [-0.2, -0.15) is 0 Å². The van der Waals surface area contributed by atoms with E-state index < -0.39 is 0 Å². The fraction of sp³-hybridized carbons (Fsp3) is 0.250. The summed E-state index contributed by atoms with van der Waals surface area (Å²) in [7, 11) is 3.17. The molecule has 1 heterocycles. The summed E-state index contributed by atoms with van der Waals surface area (Å²) in [6.07, 6.45) is 1.97. The van der Waals surface area contributed by atoms with E-state index in [0.29, 0.717) is 18.8 Å². The van der Waals surface area contributed by atoms with E-state index in [1.807, 2.05) is 30.3 Å². The molecule has 0 spiro atoms. The van der Waals surface area contributed by atoms with Gasteiger partial charge in [0.05, 0.1) is 20.6 Å². The zero-order valence-corrected chi connectivity index (χ0v) is 12.1. The van der Waals surface area contributed by atoms with Gasteiger partial charge in [0.1, 0.15) is 5.75 Å². The van der Waals surface area contributed by atoms with Gasteiger partial charge < -0.3 is 14.8 Å². The number of benzene rings is 1. The van der Waals surface area contributed by atoms with E-state index in [2.05, 4.69) is 10.3 Å². The zero-order chi connectivity index (χ0) is 15.1. The van der Waals surface area contributed by atoms with Crippen LogP contribution in [0.5, 0.6) is 11.6 Å². The Kier molecular flexibility index (Phi) is 5.15. The first-order valence-corrected chi connectivity index (χ1v) is 6.60. The van der Waals surface area contributed by atoms with Gasteiger partial charge in [-0.05, 0) is 29.3 Å². The van der Waals surface area contributed by atoms with Crippen LogP contribution in [0, 0.1) is 0 Å². The second-order valence-electron chi connectivity index (χ2n) is 4.51. The molecule has 110 valence electrons. The molecule has 0 aliphatic rings. The Morgan fingerprint density at radius 2 is 2.00 bits per heavy atom. The molecule has 2 rings (SSSR count). The van der Waals surface area contributed by atoms with Gasteiger partial charge in [0.25, 0.3) is 0 Å². The molecule has 5 nitrogen and oxygen atoms in total. The number of nitrogens with one attached hydrogen (secondary N) is 1. The molecule has 1 aromatic carbocycles. The Hall–Kier alpha value is -2.56. The highest BCUT2D eigenvalue weighted by Gasteiger charge is 2.05. The Labute approximate surface area is 123 Å². The number of hydrogen-bond donors (Lipinski definition) is 1. The van der Waals surface area contributed by atoms with Crippen molar-refractivity contribution in [3.05, 3.63) is 53.7 Å². The van der Waals surface area contributed by atoms with Crippen molar-refractivity contribution in [2.24, 2.45) is 0 Å². The van der Waals surface area contributed by atoms with E-state index >= 15 is 0 Å². The van der Waals surface area contributed by atoms with Gasteiger partial charge in [-0.25, -0.2) is 4.98 Å². The molecule has 0 aliphatic heterocycles. The standard InChI is InChI=1S/C16H18N2O3/c1-20-14-5-3-4-12(8-14)9-15(19)18-11-13-6-7-17-16(10-13)21-2/h3-8,10H,9,11H2,1-2H3,(H,18,19). The van der Waals surface area contributed by atoms with Crippen molar-refractivity contribution in [3.8, 4) is 11.6 Å². The third-order valence-corrected chi connectivity index (χ3v) is 3.00. The lowest BCUT2D eigenvalue weighted by molar-refractivity contribution is -0.120. The van der Waals surface area contributed by atoms with Gasteiger partial charge in [-0.3, -0.25) is 4.79 Å². The Morgan fingerprint density at radius 3 is 2.76 bits per heavy atom. The number of ether oxygens (including phenoxy) is 2. The summed E-state index contributed by atoms with van der Waals surface area (Å²) in [5.41, 5.74) is 1.86. The summed E-state index contributed by atoms with van der Waals surface area (Å²) in [4.78, 5) is 16.0. The molecule has 0 fully saturated rings. The van der Waals surface area contributed by atoms with Crippen LogP contribution in [0.4, 0.5) is 0 Å². The molecule has 1 aromatic heterocycles. The number of rotatable bonds is 6. The van der Waals surface area contributed by atoms with E-state index in [4.69, 9.17) is 9.47 Å². The van der Waals surface area contributed by atoms with Crippen LogP contribution >= 0.6 is 0 Å². The number of aromatic nitrogens is 1. The minimum Gasteiger partial charge on any atom is -0.497 e. The van der Waals surface area contributed by atoms with Gasteiger partial charge >= 0.3 is 0 Å². The number of nitrogens with zero attached hydrogens (tertiary/aromatic N) is 1. The molecule has 0 saturated carbocycles. The van der Waals surface area contributed by atoms with Crippen LogP contribution in [0.2, 0.25) is 0 Å². The van der Waals surface area contributed by atoms with Crippen molar-refractivity contribution in [1.29, 1.82) is 0 Å². The zero-order valence-electron chi connectivity index (χ0n) is 12.1. The maximum absolute atomic E-state index is 11.9. The van der Waals surface area contributed by atoms with Gasteiger partial charge in [-0.1, -0.05) is 12.1 Å². The molecule has 0 atom stereocenters. The van der Waals surface area contributed by atoms with E-state index in [1.165, 1.54) is 0 Å². The fourth-order valence-electron chi connectivity index (χ4n) is 1.90. The van der Waals surface area contributed by atoms with Crippen LogP contribution in [0.15, 0.2) is 42.6 Å². The predicted octanol–water partition coefficient (Wildman–Crippen LogP) is 1.96. The second kappa shape index (κ2) is 7.28. The number of carbonyl (C=O) groups is 1. The molecule has 1 N–H and O–H groups in total. The highest BCUT2D eigenvalue weighted by atomic mass is 16.5. The predicted molar refractivity (Wildman–Crippen MR) is 79.3 cm³/mol. The summed E-state index contributed by atoms with van der Waals surface area (Å²) < 4.78 is 10.2. The topological polar surface area (TPSA) is 60.5 Å². The van der Waals surface area contributed by atoms with Crippen molar-refractivity contribution in [2.75, 3.05) is 14.2 Å². The van der Waals surface area contributed by atoms with Crippen LogP contribution < -0.4 is 14.8 Å². The van der Waals surface area contributed by atoms with Gasteiger partial charge in [0.15, 0.2) is 0 Å². The van der Waals surface area contributed by atoms with Gasteiger partial charge in [-0.15, -0.1) is 0 Å². The van der Waals surface area contributed by atoms with E-state index in [-0.39, 0.29) is 5.91 Å². The Morgan fingerprint density at radius 1 is 1.14 bits per heavy atom. The summed E-state index contributed by atoms with van der Waals surface area (Å²) >= 11 is 0. The van der Waals surface area contributed by atoms with Crippen molar-refractivity contribution in [1.82, 2.24) is 10.3 Å². The van der Waals surface area contributed by atoms with Crippen molar-refractivity contribution >= 4 is 5.91 Å². The minimum absolute atomic E-state index is 0.0426. The normalized spacial score (nSPS) is 10.0. The molecule has 21 heavy (non-hydrogen) atoms. The van der Waals surface area contributed by atoms with E-state index in [9.17, 15) is 4.79 Å². The molecular formula is C16H18N2O3. The number of hydrogen-bond acceptors (Lipinski definition) is 4. The summed E-state index contributed by atoms with van der Waals surface area (Å²) in [5.74, 6) is 1.24. The van der Waals surface area contributed by atoms with Crippen LogP contribution in [-0.4, -0.2) is 25.1 Å². The molecule has 0 saturated heterocycles. The van der Waals surface area contributed by atoms with Crippen molar-refractivity contribution < 1.29 is 14.3 Å². The molecule has 1 amide bonds. The minimum atomic E-state index is -0.0426.